The lowest BCUT2D eigenvalue weighted by Gasteiger charge is -2.06. The average Bonchev–Trinajstić information content (AvgIpc) is 3.08. The summed E-state index contributed by atoms with van der Waals surface area (Å²) < 4.78 is 27.2. The first-order valence-corrected chi connectivity index (χ1v) is 12.8. The van der Waals surface area contributed by atoms with Gasteiger partial charge in [0.05, 0.1) is 31.4 Å². The molecular formula is C19H19N3O5S3. The number of nitro groups is 1. The molecule has 0 unspecified atom stereocenters. The molecule has 0 spiro atoms. The summed E-state index contributed by atoms with van der Waals surface area (Å²) in [5.74, 6) is -0.0377. The molecule has 0 bridgehead atoms. The molecule has 0 saturated heterocycles. The topological polar surface area (TPSA) is 112 Å². The Hall–Kier alpha value is -2.50. The molecule has 1 heterocycles. The molecule has 2 aromatic carbocycles. The third kappa shape index (κ3) is 4.47. The van der Waals surface area contributed by atoms with Crippen molar-refractivity contribution in [3.05, 3.63) is 62.9 Å². The molecule has 30 heavy (non-hydrogen) atoms. The van der Waals surface area contributed by atoms with Crippen LogP contribution in [0, 0.1) is 10.1 Å². The molecule has 1 amide bonds. The lowest BCUT2D eigenvalue weighted by Crippen LogP contribution is -2.19. The average molecular weight is 466 g/mol. The fourth-order valence-electron chi connectivity index (χ4n) is 2.88. The Labute approximate surface area is 181 Å². The first-order valence-electron chi connectivity index (χ1n) is 8.96. The number of thiazole rings is 1. The Bertz CT molecular complexity index is 1290. The lowest BCUT2D eigenvalue weighted by molar-refractivity contribution is -0.384. The molecule has 11 heteroatoms. The number of hydrogen-bond acceptors (Lipinski definition) is 7. The number of benzene rings is 2. The van der Waals surface area contributed by atoms with Crippen LogP contribution in [-0.2, 0) is 16.4 Å². The SMILES string of the molecule is CCS(=O)(=O)c1ccccc1C(=O)N=c1sc2cc([N+](=O)[O-])ccc2n1CCSC. The zero-order valence-electron chi connectivity index (χ0n) is 16.3. The van der Waals surface area contributed by atoms with E-state index in [1.54, 1.807) is 30.0 Å². The van der Waals surface area contributed by atoms with Gasteiger partial charge in [-0.15, -0.1) is 0 Å². The van der Waals surface area contributed by atoms with Gasteiger partial charge in [0.15, 0.2) is 14.6 Å². The van der Waals surface area contributed by atoms with Gasteiger partial charge in [0, 0.05) is 24.4 Å². The number of nitrogens with zero attached hydrogens (tertiary/aromatic N) is 3. The summed E-state index contributed by atoms with van der Waals surface area (Å²) in [7, 11) is -3.59. The van der Waals surface area contributed by atoms with Crippen LogP contribution < -0.4 is 4.80 Å². The minimum atomic E-state index is -3.59. The van der Waals surface area contributed by atoms with Crippen LogP contribution in [0.25, 0.3) is 10.2 Å². The normalized spacial score (nSPS) is 12.4. The predicted molar refractivity (Wildman–Crippen MR) is 119 cm³/mol. The second-order valence-electron chi connectivity index (χ2n) is 6.25. The van der Waals surface area contributed by atoms with Crippen LogP contribution in [0.2, 0.25) is 0 Å². The summed E-state index contributed by atoms with van der Waals surface area (Å²) >= 11 is 2.78. The smallest absolute Gasteiger partial charge is 0.280 e. The number of rotatable bonds is 7. The molecular weight excluding hydrogens is 446 g/mol. The molecule has 8 nitrogen and oxygen atoms in total. The third-order valence-electron chi connectivity index (χ3n) is 4.43. The first-order chi connectivity index (χ1) is 14.3. The first kappa shape index (κ1) is 22.2. The molecule has 3 aromatic rings. The van der Waals surface area contributed by atoms with E-state index in [2.05, 4.69) is 4.99 Å². The van der Waals surface area contributed by atoms with Crippen LogP contribution in [0.5, 0.6) is 0 Å². The number of carbonyl (C=O) groups excluding carboxylic acids is 1. The number of thioether (sulfide) groups is 1. The molecule has 158 valence electrons. The number of aryl methyl sites for hydroxylation is 1. The van der Waals surface area contributed by atoms with Crippen molar-refractivity contribution in [2.75, 3.05) is 17.8 Å². The summed E-state index contributed by atoms with van der Waals surface area (Å²) in [6, 6.07) is 10.5. The summed E-state index contributed by atoms with van der Waals surface area (Å²) in [6.07, 6.45) is 1.95. The summed E-state index contributed by atoms with van der Waals surface area (Å²) in [5, 5.41) is 11.1. The van der Waals surface area contributed by atoms with E-state index in [-0.39, 0.29) is 21.9 Å². The van der Waals surface area contributed by atoms with E-state index in [9.17, 15) is 23.3 Å². The van der Waals surface area contributed by atoms with Crippen molar-refractivity contribution in [1.29, 1.82) is 0 Å². The summed E-state index contributed by atoms with van der Waals surface area (Å²) in [5.41, 5.74) is 0.706. The van der Waals surface area contributed by atoms with Gasteiger partial charge in [-0.1, -0.05) is 30.4 Å². The summed E-state index contributed by atoms with van der Waals surface area (Å²) in [6.45, 7) is 2.07. The molecule has 0 N–H and O–H groups in total. The van der Waals surface area contributed by atoms with Crippen LogP contribution in [0.1, 0.15) is 17.3 Å². The van der Waals surface area contributed by atoms with Crippen molar-refractivity contribution in [3.63, 3.8) is 0 Å². The quantitative estimate of drug-likeness (QED) is 0.390. The van der Waals surface area contributed by atoms with Crippen LogP contribution in [0.3, 0.4) is 0 Å². The second kappa shape index (κ2) is 9.11. The van der Waals surface area contributed by atoms with E-state index in [1.165, 1.54) is 31.2 Å². The van der Waals surface area contributed by atoms with Gasteiger partial charge in [-0.2, -0.15) is 16.8 Å². The Morgan fingerprint density at radius 1 is 1.27 bits per heavy atom. The summed E-state index contributed by atoms with van der Waals surface area (Å²) in [4.78, 5) is 28.1. The maximum atomic E-state index is 12.9. The Balaban J connectivity index is 2.18. The van der Waals surface area contributed by atoms with Gasteiger partial charge in [-0.25, -0.2) is 8.42 Å². The highest BCUT2D eigenvalue weighted by molar-refractivity contribution is 7.98. The fourth-order valence-corrected chi connectivity index (χ4v) is 5.42. The number of fused-ring (bicyclic) bond motifs is 1. The van der Waals surface area contributed by atoms with Crippen LogP contribution in [0.15, 0.2) is 52.4 Å². The van der Waals surface area contributed by atoms with Crippen LogP contribution in [-0.4, -0.2) is 41.6 Å². The van der Waals surface area contributed by atoms with Crippen molar-refractivity contribution >= 4 is 54.7 Å². The van der Waals surface area contributed by atoms with E-state index < -0.39 is 20.7 Å². The molecule has 0 aliphatic carbocycles. The highest BCUT2D eigenvalue weighted by Crippen LogP contribution is 2.24. The van der Waals surface area contributed by atoms with E-state index >= 15 is 0 Å². The molecule has 0 atom stereocenters. The second-order valence-corrected chi connectivity index (χ2v) is 10.5. The highest BCUT2D eigenvalue weighted by atomic mass is 32.2. The maximum absolute atomic E-state index is 12.9. The maximum Gasteiger partial charge on any atom is 0.280 e. The number of carbonyl (C=O) groups is 1. The van der Waals surface area contributed by atoms with Gasteiger partial charge in [-0.05, 0) is 24.5 Å². The Morgan fingerprint density at radius 3 is 2.67 bits per heavy atom. The van der Waals surface area contributed by atoms with Gasteiger partial charge in [-0.3, -0.25) is 14.9 Å². The molecule has 0 radical (unpaired) electrons. The van der Waals surface area contributed by atoms with Crippen molar-refractivity contribution in [2.45, 2.75) is 18.4 Å². The number of nitro benzene ring substituents is 1. The van der Waals surface area contributed by atoms with Crippen LogP contribution in [0.4, 0.5) is 5.69 Å². The molecule has 1 aromatic heterocycles. The number of amides is 1. The number of non-ortho nitro benzene ring substituents is 1. The van der Waals surface area contributed by atoms with E-state index in [0.717, 1.165) is 22.6 Å². The highest BCUT2D eigenvalue weighted by Gasteiger charge is 2.21. The largest absolute Gasteiger partial charge is 0.315 e. The van der Waals surface area contributed by atoms with Gasteiger partial charge in [0.1, 0.15) is 0 Å². The Kier molecular flexibility index (Phi) is 6.74. The zero-order valence-corrected chi connectivity index (χ0v) is 18.7. The Morgan fingerprint density at radius 2 is 2.00 bits per heavy atom. The molecule has 3 rings (SSSR count). The van der Waals surface area contributed by atoms with E-state index in [1.807, 2.05) is 10.8 Å². The minimum Gasteiger partial charge on any atom is -0.315 e. The molecule has 0 aliphatic heterocycles. The number of hydrogen-bond donors (Lipinski definition) is 0. The number of sulfone groups is 1. The molecule has 0 saturated carbocycles. The fraction of sp³-hybridized carbons (Fsp3) is 0.263. The van der Waals surface area contributed by atoms with Crippen molar-refractivity contribution < 1.29 is 18.1 Å². The minimum absolute atomic E-state index is 0.0132. The third-order valence-corrected chi connectivity index (χ3v) is 7.84. The monoisotopic (exact) mass is 465 g/mol. The number of aromatic nitrogens is 1. The van der Waals surface area contributed by atoms with Gasteiger partial charge in [0.2, 0.25) is 0 Å². The van der Waals surface area contributed by atoms with Crippen molar-refractivity contribution in [2.24, 2.45) is 4.99 Å². The van der Waals surface area contributed by atoms with Crippen LogP contribution >= 0.6 is 23.1 Å². The van der Waals surface area contributed by atoms with Gasteiger partial charge >= 0.3 is 0 Å². The van der Waals surface area contributed by atoms with E-state index in [4.69, 9.17) is 0 Å². The lowest BCUT2D eigenvalue weighted by atomic mass is 10.2. The van der Waals surface area contributed by atoms with Gasteiger partial charge < -0.3 is 4.57 Å². The standard InChI is InChI=1S/C19H19N3O5S3/c1-3-30(26,27)17-7-5-4-6-14(17)18(23)20-19-21(10-11-28-2)15-9-8-13(22(24)25)12-16(15)29-19/h4-9,12H,3,10-11H2,1-2H3. The van der Waals surface area contributed by atoms with Gasteiger partial charge in [0.25, 0.3) is 11.6 Å². The van der Waals surface area contributed by atoms with Crippen molar-refractivity contribution in [1.82, 2.24) is 4.57 Å². The molecule has 0 fully saturated rings. The molecule has 0 aliphatic rings. The zero-order chi connectivity index (χ0) is 21.9. The van der Waals surface area contributed by atoms with E-state index in [0.29, 0.717) is 16.0 Å². The van der Waals surface area contributed by atoms with Crippen molar-refractivity contribution in [3.8, 4) is 0 Å². The predicted octanol–water partition coefficient (Wildman–Crippen LogP) is 3.51.